The number of nitrogens with zero attached hydrogens (tertiary/aromatic N) is 2. The molecule has 30 heavy (non-hydrogen) atoms. The highest BCUT2D eigenvalue weighted by Gasteiger charge is 2.44. The van der Waals surface area contributed by atoms with Crippen LogP contribution in [0.15, 0.2) is 24.3 Å². The zero-order valence-corrected chi connectivity index (χ0v) is 17.4. The van der Waals surface area contributed by atoms with Crippen LogP contribution in [0.5, 0.6) is 0 Å². The first-order valence-corrected chi connectivity index (χ1v) is 11.3. The Morgan fingerprint density at radius 1 is 1.00 bits per heavy atom. The third kappa shape index (κ3) is 3.44. The van der Waals surface area contributed by atoms with Crippen LogP contribution in [0, 0.1) is 5.92 Å². The normalized spacial score (nSPS) is 26.3. The van der Waals surface area contributed by atoms with Crippen molar-refractivity contribution in [3.8, 4) is 0 Å². The molecule has 160 valence electrons. The predicted octanol–water partition coefficient (Wildman–Crippen LogP) is 2.34. The van der Waals surface area contributed by atoms with E-state index in [1.54, 1.807) is 0 Å². The van der Waals surface area contributed by atoms with E-state index in [0.29, 0.717) is 50.5 Å². The van der Waals surface area contributed by atoms with Gasteiger partial charge in [-0.15, -0.1) is 0 Å². The van der Waals surface area contributed by atoms with Crippen LogP contribution in [-0.2, 0) is 9.59 Å². The molecule has 7 nitrogen and oxygen atoms in total. The summed E-state index contributed by atoms with van der Waals surface area (Å²) in [5, 5.41) is 6.62. The number of fused-ring (bicyclic) bond motifs is 1. The molecule has 2 N–H and O–H groups in total. The Balaban J connectivity index is 1.20. The molecule has 3 aliphatic heterocycles. The van der Waals surface area contributed by atoms with Crippen LogP contribution in [0.2, 0.25) is 0 Å². The number of para-hydroxylation sites is 1. The van der Waals surface area contributed by atoms with Gasteiger partial charge in [0.15, 0.2) is 0 Å². The van der Waals surface area contributed by atoms with Crippen molar-refractivity contribution in [1.29, 1.82) is 0 Å². The molecule has 2 saturated heterocycles. The van der Waals surface area contributed by atoms with Crippen molar-refractivity contribution in [1.82, 2.24) is 15.1 Å². The number of carbonyl (C=O) groups excluding carboxylic acids is 3. The van der Waals surface area contributed by atoms with Gasteiger partial charge < -0.3 is 20.4 Å². The van der Waals surface area contributed by atoms with Crippen LogP contribution in [0.1, 0.15) is 61.7 Å². The summed E-state index contributed by atoms with van der Waals surface area (Å²) in [7, 11) is 0. The lowest BCUT2D eigenvalue weighted by Crippen LogP contribution is -2.63. The molecule has 7 heteroatoms. The van der Waals surface area contributed by atoms with Gasteiger partial charge in [-0.1, -0.05) is 31.4 Å². The molecule has 1 aromatic rings. The van der Waals surface area contributed by atoms with E-state index in [1.165, 1.54) is 19.3 Å². The van der Waals surface area contributed by atoms with Gasteiger partial charge in [0.25, 0.3) is 5.91 Å². The van der Waals surface area contributed by atoms with E-state index < -0.39 is 5.66 Å². The zero-order chi connectivity index (χ0) is 20.7. The van der Waals surface area contributed by atoms with Gasteiger partial charge in [-0.3, -0.25) is 14.4 Å². The molecular formula is C23H30N4O3. The monoisotopic (exact) mass is 410 g/mol. The summed E-state index contributed by atoms with van der Waals surface area (Å²) in [5.41, 5.74) is 1.02. The van der Waals surface area contributed by atoms with Crippen LogP contribution in [-0.4, -0.2) is 58.9 Å². The predicted molar refractivity (Wildman–Crippen MR) is 113 cm³/mol. The zero-order valence-electron chi connectivity index (χ0n) is 17.4. The van der Waals surface area contributed by atoms with Crippen molar-refractivity contribution < 1.29 is 14.4 Å². The van der Waals surface area contributed by atoms with Crippen molar-refractivity contribution in [2.75, 3.05) is 25.0 Å². The Morgan fingerprint density at radius 2 is 1.73 bits per heavy atom. The summed E-state index contributed by atoms with van der Waals surface area (Å²) < 4.78 is 0. The van der Waals surface area contributed by atoms with Crippen LogP contribution in [0.25, 0.3) is 0 Å². The standard InChI is InChI=1S/C23H30N4O3/c28-20-14-16(15-27(20)17-6-2-1-3-7-17)22(30)26-12-10-23(11-13-26)24-19-9-5-4-8-18(19)21(29)25-23/h4-5,8-9,16-17,24H,1-3,6-7,10-15H2,(H,25,29)/t16-/m0/s1. The van der Waals surface area contributed by atoms with E-state index in [9.17, 15) is 14.4 Å². The third-order valence-corrected chi connectivity index (χ3v) is 7.35. The summed E-state index contributed by atoms with van der Waals surface area (Å²) in [6.07, 6.45) is 7.44. The van der Waals surface area contributed by atoms with Crippen molar-refractivity contribution in [2.24, 2.45) is 5.92 Å². The lowest BCUT2D eigenvalue weighted by atomic mass is 9.91. The first-order chi connectivity index (χ1) is 14.5. The highest BCUT2D eigenvalue weighted by Crippen LogP contribution is 2.33. The molecule has 0 aromatic heterocycles. The Hall–Kier alpha value is -2.57. The van der Waals surface area contributed by atoms with Crippen molar-refractivity contribution >= 4 is 23.4 Å². The van der Waals surface area contributed by atoms with Crippen molar-refractivity contribution in [3.63, 3.8) is 0 Å². The quantitative estimate of drug-likeness (QED) is 0.784. The second-order valence-corrected chi connectivity index (χ2v) is 9.27. The number of benzene rings is 1. The number of anilines is 1. The number of hydrogen-bond donors (Lipinski definition) is 2. The maximum atomic E-state index is 13.1. The average Bonchev–Trinajstić information content (AvgIpc) is 3.16. The molecule has 0 radical (unpaired) electrons. The van der Waals surface area contributed by atoms with Crippen LogP contribution >= 0.6 is 0 Å². The second-order valence-electron chi connectivity index (χ2n) is 9.27. The van der Waals surface area contributed by atoms with E-state index in [-0.39, 0.29) is 23.6 Å². The minimum atomic E-state index is -0.498. The van der Waals surface area contributed by atoms with E-state index >= 15 is 0 Å². The number of carbonyl (C=O) groups is 3. The SMILES string of the molecule is O=C1NC2(CCN(C(=O)[C@H]3CC(=O)N(C4CCCCC4)C3)CC2)Nc2ccccc21. The molecule has 5 rings (SSSR count). The number of likely N-dealkylation sites (tertiary alicyclic amines) is 2. The molecule has 1 spiro atoms. The van der Waals surface area contributed by atoms with E-state index in [2.05, 4.69) is 10.6 Å². The van der Waals surface area contributed by atoms with Gasteiger partial charge in [0.2, 0.25) is 11.8 Å². The van der Waals surface area contributed by atoms with E-state index in [1.807, 2.05) is 34.1 Å². The molecule has 1 aliphatic carbocycles. The summed E-state index contributed by atoms with van der Waals surface area (Å²) in [5.74, 6) is -0.0395. The van der Waals surface area contributed by atoms with Crippen molar-refractivity contribution in [3.05, 3.63) is 29.8 Å². The molecule has 3 heterocycles. The van der Waals surface area contributed by atoms with Gasteiger partial charge in [-0.2, -0.15) is 0 Å². The summed E-state index contributed by atoms with van der Waals surface area (Å²) in [6, 6.07) is 7.86. The number of amides is 3. The fraction of sp³-hybridized carbons (Fsp3) is 0.609. The smallest absolute Gasteiger partial charge is 0.255 e. The van der Waals surface area contributed by atoms with Crippen molar-refractivity contribution in [2.45, 2.75) is 63.1 Å². The first kappa shape index (κ1) is 19.4. The lowest BCUT2D eigenvalue weighted by molar-refractivity contribution is -0.137. The lowest BCUT2D eigenvalue weighted by Gasteiger charge is -2.46. The maximum Gasteiger partial charge on any atom is 0.255 e. The number of rotatable bonds is 2. The van der Waals surface area contributed by atoms with Gasteiger partial charge in [0, 0.05) is 50.6 Å². The summed E-state index contributed by atoms with van der Waals surface area (Å²) >= 11 is 0. The molecule has 3 amide bonds. The van der Waals surface area contributed by atoms with Crippen LogP contribution in [0.3, 0.4) is 0 Å². The molecule has 1 atom stereocenters. The average molecular weight is 411 g/mol. The fourth-order valence-corrected chi connectivity index (χ4v) is 5.62. The first-order valence-electron chi connectivity index (χ1n) is 11.3. The maximum absolute atomic E-state index is 13.1. The molecule has 1 aromatic carbocycles. The molecule has 3 fully saturated rings. The van der Waals surface area contributed by atoms with Gasteiger partial charge >= 0.3 is 0 Å². The Morgan fingerprint density at radius 3 is 2.50 bits per heavy atom. The Labute approximate surface area is 177 Å². The molecule has 0 unspecified atom stereocenters. The summed E-state index contributed by atoms with van der Waals surface area (Å²) in [6.45, 7) is 1.75. The Bertz CT molecular complexity index is 856. The van der Waals surface area contributed by atoms with Crippen LogP contribution in [0.4, 0.5) is 5.69 Å². The molecule has 1 saturated carbocycles. The number of nitrogens with one attached hydrogen (secondary N) is 2. The van der Waals surface area contributed by atoms with Gasteiger partial charge in [-0.25, -0.2) is 0 Å². The third-order valence-electron chi connectivity index (χ3n) is 7.35. The minimum absolute atomic E-state index is 0.0614. The second kappa shape index (κ2) is 7.60. The fourth-order valence-electron chi connectivity index (χ4n) is 5.62. The number of piperidine rings is 1. The molecule has 4 aliphatic rings. The van der Waals surface area contributed by atoms with Gasteiger partial charge in [0.1, 0.15) is 5.66 Å². The van der Waals surface area contributed by atoms with Gasteiger partial charge in [0.05, 0.1) is 11.5 Å². The molecular weight excluding hydrogens is 380 g/mol. The highest BCUT2D eigenvalue weighted by atomic mass is 16.2. The topological polar surface area (TPSA) is 81.8 Å². The molecule has 0 bridgehead atoms. The van der Waals surface area contributed by atoms with Gasteiger partial charge in [-0.05, 0) is 25.0 Å². The van der Waals surface area contributed by atoms with E-state index in [4.69, 9.17) is 0 Å². The van der Waals surface area contributed by atoms with Crippen LogP contribution < -0.4 is 10.6 Å². The number of hydrogen-bond acceptors (Lipinski definition) is 4. The van der Waals surface area contributed by atoms with E-state index in [0.717, 1.165) is 18.5 Å². The highest BCUT2D eigenvalue weighted by molar-refractivity contribution is 6.02. The Kier molecular flexibility index (Phi) is 4.91. The minimum Gasteiger partial charge on any atom is -0.362 e. The summed E-state index contributed by atoms with van der Waals surface area (Å²) in [4.78, 5) is 42.1. The largest absolute Gasteiger partial charge is 0.362 e.